The number of amides is 1. The first kappa shape index (κ1) is 22.6. The molecule has 4 rings (SSSR count). The summed E-state index contributed by atoms with van der Waals surface area (Å²) in [4.78, 5) is 12.6. The molecule has 34 heavy (non-hydrogen) atoms. The van der Waals surface area contributed by atoms with Crippen LogP contribution in [0.25, 0.3) is 5.69 Å². The van der Waals surface area contributed by atoms with E-state index in [9.17, 15) is 10.1 Å². The van der Waals surface area contributed by atoms with Gasteiger partial charge in [0.05, 0.1) is 11.4 Å². The van der Waals surface area contributed by atoms with Gasteiger partial charge in [-0.25, -0.2) is 4.68 Å². The average Bonchev–Trinajstić information content (AvgIpc) is 3.21. The Bertz CT molecular complexity index is 1290. The smallest absolute Gasteiger partial charge is 0.251 e. The number of nitriles is 1. The van der Waals surface area contributed by atoms with E-state index in [0.29, 0.717) is 54.4 Å². The molecule has 0 radical (unpaired) electrons. The van der Waals surface area contributed by atoms with Gasteiger partial charge in [-0.2, -0.15) is 10.4 Å². The first-order valence-corrected chi connectivity index (χ1v) is 11.0. The number of nitrogens with one attached hydrogen (secondary N) is 1. The van der Waals surface area contributed by atoms with Gasteiger partial charge >= 0.3 is 0 Å². The molecule has 0 spiro atoms. The first-order chi connectivity index (χ1) is 16.7. The molecule has 3 aromatic carbocycles. The maximum atomic E-state index is 12.6. The van der Waals surface area contributed by atoms with Crippen LogP contribution in [0.15, 0.2) is 84.9 Å². The van der Waals surface area contributed by atoms with Crippen LogP contribution >= 0.6 is 0 Å². The molecule has 0 unspecified atom stereocenters. The fourth-order valence-electron chi connectivity index (χ4n) is 3.57. The van der Waals surface area contributed by atoms with Crippen LogP contribution in [-0.2, 0) is 13.0 Å². The van der Waals surface area contributed by atoms with E-state index >= 15 is 0 Å². The molecule has 1 heterocycles. The molecule has 0 saturated carbocycles. The van der Waals surface area contributed by atoms with E-state index in [1.54, 1.807) is 22.9 Å². The van der Waals surface area contributed by atoms with Crippen LogP contribution < -0.4 is 15.8 Å². The van der Waals surface area contributed by atoms with Crippen molar-refractivity contribution in [2.75, 3.05) is 12.3 Å². The number of nitrogen functional groups attached to an aromatic ring is 1. The maximum absolute atomic E-state index is 12.6. The molecule has 4 aromatic rings. The largest absolute Gasteiger partial charge is 0.489 e. The lowest BCUT2D eigenvalue weighted by atomic mass is 10.1. The zero-order valence-corrected chi connectivity index (χ0v) is 18.6. The lowest BCUT2D eigenvalue weighted by Gasteiger charge is -2.09. The summed E-state index contributed by atoms with van der Waals surface area (Å²) >= 11 is 0. The van der Waals surface area contributed by atoms with Crippen molar-refractivity contribution >= 4 is 11.7 Å². The minimum Gasteiger partial charge on any atom is -0.489 e. The predicted octanol–water partition coefficient (Wildman–Crippen LogP) is 4.27. The van der Waals surface area contributed by atoms with Gasteiger partial charge in [0.25, 0.3) is 5.91 Å². The second-order valence-electron chi connectivity index (χ2n) is 7.73. The fraction of sp³-hybridized carbons (Fsp3) is 0.148. The van der Waals surface area contributed by atoms with Gasteiger partial charge in [-0.15, -0.1) is 0 Å². The molecule has 7 heteroatoms. The zero-order valence-electron chi connectivity index (χ0n) is 18.6. The molecule has 0 fully saturated rings. The number of carbonyl (C=O) groups excluding carboxylic acids is 1. The first-order valence-electron chi connectivity index (χ1n) is 11.0. The molecule has 170 valence electrons. The van der Waals surface area contributed by atoms with Gasteiger partial charge in [0.1, 0.15) is 29.8 Å². The fourth-order valence-corrected chi connectivity index (χ4v) is 3.57. The zero-order chi connectivity index (χ0) is 23.8. The SMILES string of the molecule is N#Cc1c(CCCNC(=O)c2cccc(OCc3ccccc3)c2)nn(-c2ccccc2)c1N. The van der Waals surface area contributed by atoms with Gasteiger partial charge in [-0.3, -0.25) is 4.79 Å². The molecule has 0 atom stereocenters. The van der Waals surface area contributed by atoms with Crippen LogP contribution in [0.5, 0.6) is 5.75 Å². The molecule has 7 nitrogen and oxygen atoms in total. The Hall–Kier alpha value is -4.57. The van der Waals surface area contributed by atoms with Crippen LogP contribution in [0.2, 0.25) is 0 Å². The van der Waals surface area contributed by atoms with Gasteiger partial charge in [0, 0.05) is 12.1 Å². The van der Waals surface area contributed by atoms with Gasteiger partial charge in [-0.1, -0.05) is 54.6 Å². The number of benzene rings is 3. The molecular weight excluding hydrogens is 426 g/mol. The normalized spacial score (nSPS) is 10.4. The second-order valence-corrected chi connectivity index (χ2v) is 7.73. The summed E-state index contributed by atoms with van der Waals surface area (Å²) in [7, 11) is 0. The van der Waals surface area contributed by atoms with Gasteiger partial charge < -0.3 is 15.8 Å². The number of carbonyl (C=O) groups is 1. The Morgan fingerprint density at radius 3 is 2.50 bits per heavy atom. The monoisotopic (exact) mass is 451 g/mol. The maximum Gasteiger partial charge on any atom is 0.251 e. The van der Waals surface area contributed by atoms with E-state index in [0.717, 1.165) is 11.3 Å². The standard InChI is InChI=1S/C27H25N5O2/c28-18-24-25(31-32(26(24)29)22-12-5-2-6-13-22)15-8-16-30-27(33)21-11-7-14-23(17-21)34-19-20-9-3-1-4-10-20/h1-7,9-14,17H,8,15-16,19,29H2,(H,30,33). The van der Waals surface area contributed by atoms with E-state index in [-0.39, 0.29) is 5.91 Å². The van der Waals surface area contributed by atoms with Crippen molar-refractivity contribution in [2.24, 2.45) is 0 Å². The molecular formula is C27H25N5O2. The molecule has 1 aromatic heterocycles. The van der Waals surface area contributed by atoms with E-state index in [1.165, 1.54) is 0 Å². The number of aromatic nitrogens is 2. The number of ether oxygens (including phenoxy) is 1. The quantitative estimate of drug-likeness (QED) is 0.370. The summed E-state index contributed by atoms with van der Waals surface area (Å²) in [6, 6.07) is 28.6. The van der Waals surface area contributed by atoms with Crippen LogP contribution in [0.1, 0.15) is 33.6 Å². The van der Waals surface area contributed by atoms with E-state index < -0.39 is 0 Å². The number of rotatable bonds is 9. The van der Waals surface area contributed by atoms with Crippen LogP contribution in [0.4, 0.5) is 5.82 Å². The van der Waals surface area contributed by atoms with Gasteiger partial charge in [0.2, 0.25) is 0 Å². The van der Waals surface area contributed by atoms with Gasteiger partial charge in [0.15, 0.2) is 0 Å². The Labute approximate surface area is 198 Å². The third-order valence-corrected chi connectivity index (χ3v) is 5.33. The van der Waals surface area contributed by atoms with Crippen LogP contribution in [-0.4, -0.2) is 22.2 Å². The average molecular weight is 452 g/mol. The van der Waals surface area contributed by atoms with Crippen molar-refractivity contribution in [3.8, 4) is 17.5 Å². The minimum absolute atomic E-state index is 0.181. The molecule has 0 saturated heterocycles. The highest BCUT2D eigenvalue weighted by atomic mass is 16.5. The summed E-state index contributed by atoms with van der Waals surface area (Å²) in [6.07, 6.45) is 1.14. The van der Waals surface area contributed by atoms with Crippen molar-refractivity contribution in [3.05, 3.63) is 107 Å². The minimum atomic E-state index is -0.181. The summed E-state index contributed by atoms with van der Waals surface area (Å²) < 4.78 is 7.39. The van der Waals surface area contributed by atoms with Crippen LogP contribution in [0, 0.1) is 11.3 Å². The Kier molecular flexibility index (Phi) is 7.21. The number of anilines is 1. The number of nitrogens with zero attached hydrogens (tertiary/aromatic N) is 3. The lowest BCUT2D eigenvalue weighted by Crippen LogP contribution is -2.24. The van der Waals surface area contributed by atoms with Crippen LogP contribution in [0.3, 0.4) is 0 Å². The Balaban J connectivity index is 1.31. The Morgan fingerprint density at radius 1 is 1.03 bits per heavy atom. The van der Waals surface area contributed by atoms with E-state index in [1.807, 2.05) is 66.7 Å². The van der Waals surface area contributed by atoms with Gasteiger partial charge in [-0.05, 0) is 48.7 Å². The molecule has 0 aliphatic rings. The number of aryl methyl sites for hydroxylation is 1. The number of hydrogen-bond donors (Lipinski definition) is 2. The third kappa shape index (κ3) is 5.43. The second kappa shape index (κ2) is 10.8. The summed E-state index contributed by atoms with van der Waals surface area (Å²) in [5, 5.41) is 17.0. The van der Waals surface area contributed by atoms with Crippen molar-refractivity contribution in [1.82, 2.24) is 15.1 Å². The number of hydrogen-bond acceptors (Lipinski definition) is 5. The number of nitrogens with two attached hydrogens (primary N) is 1. The van der Waals surface area contributed by atoms with E-state index in [2.05, 4.69) is 16.5 Å². The topological polar surface area (TPSA) is 106 Å². The van der Waals surface area contributed by atoms with Crippen molar-refractivity contribution < 1.29 is 9.53 Å². The molecule has 1 amide bonds. The highest BCUT2D eigenvalue weighted by Crippen LogP contribution is 2.21. The molecule has 0 aliphatic carbocycles. The summed E-state index contributed by atoms with van der Waals surface area (Å²) in [6.45, 7) is 0.878. The van der Waals surface area contributed by atoms with Crippen molar-refractivity contribution in [2.45, 2.75) is 19.4 Å². The van der Waals surface area contributed by atoms with Crippen molar-refractivity contribution in [1.29, 1.82) is 5.26 Å². The Morgan fingerprint density at radius 2 is 1.76 bits per heavy atom. The van der Waals surface area contributed by atoms with E-state index in [4.69, 9.17) is 10.5 Å². The van der Waals surface area contributed by atoms with Crippen molar-refractivity contribution in [3.63, 3.8) is 0 Å². The lowest BCUT2D eigenvalue weighted by molar-refractivity contribution is 0.0952. The molecule has 0 aliphatic heterocycles. The number of para-hydroxylation sites is 1. The highest BCUT2D eigenvalue weighted by molar-refractivity contribution is 5.94. The summed E-state index contributed by atoms with van der Waals surface area (Å²) in [5.41, 5.74) is 9.53. The highest BCUT2D eigenvalue weighted by Gasteiger charge is 2.16. The molecule has 0 bridgehead atoms. The molecule has 3 N–H and O–H groups in total. The third-order valence-electron chi connectivity index (χ3n) is 5.33. The summed E-state index contributed by atoms with van der Waals surface area (Å²) in [5.74, 6) is 0.775. The predicted molar refractivity (Wildman–Crippen MR) is 131 cm³/mol.